The quantitative estimate of drug-likeness (QED) is 0.376. The van der Waals surface area contributed by atoms with E-state index in [-0.39, 0.29) is 24.3 Å². The molecule has 0 amide bonds. The second-order valence-corrected chi connectivity index (χ2v) is 6.26. The standard InChI is InChI=1S/C18H17F5N2O2/c1-3-4-10(8-24)12-11(7-9-5-6-9)13(17(26)27-2)14(16(19)20)25-15(12)18(21,22)23/h3,9-10,16H,1,4-7H2,2H3. The number of aromatic nitrogens is 1. The third-order valence-electron chi connectivity index (χ3n) is 4.33. The Labute approximate surface area is 152 Å². The van der Waals surface area contributed by atoms with Gasteiger partial charge in [0.25, 0.3) is 6.43 Å². The summed E-state index contributed by atoms with van der Waals surface area (Å²) in [4.78, 5) is 15.3. The van der Waals surface area contributed by atoms with Gasteiger partial charge in [-0.3, -0.25) is 0 Å². The van der Waals surface area contributed by atoms with Crippen molar-refractivity contribution in [1.82, 2.24) is 4.98 Å². The van der Waals surface area contributed by atoms with Crippen LogP contribution in [-0.2, 0) is 17.3 Å². The minimum absolute atomic E-state index is 0.0274. The molecule has 0 aliphatic heterocycles. The lowest BCUT2D eigenvalue weighted by Gasteiger charge is -2.23. The lowest BCUT2D eigenvalue weighted by molar-refractivity contribution is -0.142. The van der Waals surface area contributed by atoms with Crippen LogP contribution in [0.3, 0.4) is 0 Å². The second kappa shape index (κ2) is 8.03. The number of carbonyl (C=O) groups is 1. The maximum absolute atomic E-state index is 13.6. The van der Waals surface area contributed by atoms with E-state index in [4.69, 9.17) is 0 Å². The summed E-state index contributed by atoms with van der Waals surface area (Å²) in [6.07, 6.45) is -5.99. The normalized spacial score (nSPS) is 15.3. The van der Waals surface area contributed by atoms with E-state index in [9.17, 15) is 32.0 Å². The van der Waals surface area contributed by atoms with E-state index in [0.29, 0.717) is 12.8 Å². The largest absolute Gasteiger partial charge is 0.465 e. The number of halogens is 5. The zero-order valence-electron chi connectivity index (χ0n) is 14.4. The first kappa shape index (κ1) is 20.8. The molecule has 0 radical (unpaired) electrons. The van der Waals surface area contributed by atoms with E-state index in [1.807, 2.05) is 0 Å². The number of ether oxygens (including phenoxy) is 1. The fourth-order valence-corrected chi connectivity index (χ4v) is 2.97. The van der Waals surface area contributed by atoms with Crippen molar-refractivity contribution in [3.63, 3.8) is 0 Å². The van der Waals surface area contributed by atoms with Gasteiger partial charge in [-0.25, -0.2) is 18.6 Å². The van der Waals surface area contributed by atoms with Gasteiger partial charge in [0.05, 0.1) is 24.7 Å². The van der Waals surface area contributed by atoms with E-state index in [1.54, 1.807) is 6.07 Å². The van der Waals surface area contributed by atoms with Crippen LogP contribution in [0.2, 0.25) is 0 Å². The summed E-state index contributed by atoms with van der Waals surface area (Å²) < 4.78 is 72.3. The van der Waals surface area contributed by atoms with Crippen molar-refractivity contribution in [1.29, 1.82) is 5.26 Å². The number of esters is 1. The number of hydrogen-bond donors (Lipinski definition) is 0. The number of alkyl halides is 5. The summed E-state index contributed by atoms with van der Waals surface area (Å²) >= 11 is 0. The second-order valence-electron chi connectivity index (χ2n) is 6.26. The predicted octanol–water partition coefficient (Wildman–Crippen LogP) is 4.96. The molecular formula is C18H17F5N2O2. The maximum atomic E-state index is 13.6. The Morgan fingerprint density at radius 2 is 2.07 bits per heavy atom. The van der Waals surface area contributed by atoms with Gasteiger partial charge >= 0.3 is 12.1 Å². The Morgan fingerprint density at radius 3 is 2.48 bits per heavy atom. The monoisotopic (exact) mass is 388 g/mol. The number of pyridine rings is 1. The van der Waals surface area contributed by atoms with Crippen LogP contribution in [-0.4, -0.2) is 18.1 Å². The third kappa shape index (κ3) is 4.43. The molecule has 1 aliphatic rings. The van der Waals surface area contributed by atoms with Crippen molar-refractivity contribution in [3.05, 3.63) is 40.7 Å². The summed E-state index contributed by atoms with van der Waals surface area (Å²) in [6, 6.07) is 1.75. The molecule has 4 nitrogen and oxygen atoms in total. The van der Waals surface area contributed by atoms with Crippen LogP contribution < -0.4 is 0 Å². The number of rotatable bonds is 7. The van der Waals surface area contributed by atoms with Gasteiger partial charge in [0.1, 0.15) is 11.4 Å². The fraction of sp³-hybridized carbons (Fsp3) is 0.500. The highest BCUT2D eigenvalue weighted by Crippen LogP contribution is 2.44. The predicted molar refractivity (Wildman–Crippen MR) is 85.1 cm³/mol. The van der Waals surface area contributed by atoms with Crippen molar-refractivity contribution < 1.29 is 31.5 Å². The van der Waals surface area contributed by atoms with E-state index < -0.39 is 47.0 Å². The fourth-order valence-electron chi connectivity index (χ4n) is 2.97. The molecule has 1 fully saturated rings. The smallest absolute Gasteiger partial charge is 0.433 e. The molecule has 146 valence electrons. The zero-order valence-corrected chi connectivity index (χ0v) is 14.4. The summed E-state index contributed by atoms with van der Waals surface area (Å²) in [5.41, 5.74) is -4.28. The molecule has 1 atom stereocenters. The highest BCUT2D eigenvalue weighted by Gasteiger charge is 2.43. The number of carbonyl (C=O) groups excluding carboxylic acids is 1. The minimum atomic E-state index is -5.07. The third-order valence-corrected chi connectivity index (χ3v) is 4.33. The molecule has 1 heterocycles. The number of nitrogens with zero attached hydrogens (tertiary/aromatic N) is 2. The lowest BCUT2D eigenvalue weighted by atomic mass is 9.85. The molecule has 9 heteroatoms. The molecule has 0 spiro atoms. The minimum Gasteiger partial charge on any atom is -0.465 e. The molecule has 0 saturated heterocycles. The van der Waals surface area contributed by atoms with Gasteiger partial charge in [0, 0.05) is 5.56 Å². The molecule has 0 N–H and O–H groups in total. The molecule has 0 bridgehead atoms. The van der Waals surface area contributed by atoms with Crippen LogP contribution in [0.15, 0.2) is 12.7 Å². The Hall–Kier alpha value is -2.50. The molecule has 1 aromatic rings. The first-order valence-corrected chi connectivity index (χ1v) is 8.16. The highest BCUT2D eigenvalue weighted by molar-refractivity contribution is 5.93. The Morgan fingerprint density at radius 1 is 1.44 bits per heavy atom. The van der Waals surface area contributed by atoms with Crippen molar-refractivity contribution in [2.45, 2.75) is 44.2 Å². The highest BCUT2D eigenvalue weighted by atomic mass is 19.4. The topological polar surface area (TPSA) is 63.0 Å². The van der Waals surface area contributed by atoms with Crippen LogP contribution >= 0.6 is 0 Å². The van der Waals surface area contributed by atoms with E-state index >= 15 is 0 Å². The van der Waals surface area contributed by atoms with Crippen LogP contribution in [0.5, 0.6) is 0 Å². The van der Waals surface area contributed by atoms with Crippen molar-refractivity contribution in [2.24, 2.45) is 5.92 Å². The molecule has 2 rings (SSSR count). The summed E-state index contributed by atoms with van der Waals surface area (Å²) in [7, 11) is 0.946. The molecule has 27 heavy (non-hydrogen) atoms. The Bertz CT molecular complexity index is 779. The molecule has 1 unspecified atom stereocenters. The number of hydrogen-bond acceptors (Lipinski definition) is 4. The summed E-state index contributed by atoms with van der Waals surface area (Å²) in [5.74, 6) is -2.56. The number of nitriles is 1. The molecular weight excluding hydrogens is 371 g/mol. The van der Waals surface area contributed by atoms with Crippen LogP contribution in [0, 0.1) is 17.2 Å². The molecule has 1 aliphatic carbocycles. The van der Waals surface area contributed by atoms with Gasteiger partial charge in [-0.2, -0.15) is 18.4 Å². The first-order valence-electron chi connectivity index (χ1n) is 8.16. The maximum Gasteiger partial charge on any atom is 0.433 e. The van der Waals surface area contributed by atoms with Crippen LogP contribution in [0.1, 0.15) is 64.5 Å². The van der Waals surface area contributed by atoms with Crippen LogP contribution in [0.4, 0.5) is 22.0 Å². The average molecular weight is 388 g/mol. The lowest BCUT2D eigenvalue weighted by Crippen LogP contribution is -2.23. The van der Waals surface area contributed by atoms with E-state index in [0.717, 1.165) is 7.11 Å². The Kier molecular flexibility index (Phi) is 6.19. The van der Waals surface area contributed by atoms with Gasteiger partial charge in [-0.15, -0.1) is 6.58 Å². The summed E-state index contributed by atoms with van der Waals surface area (Å²) in [6.45, 7) is 3.42. The van der Waals surface area contributed by atoms with Crippen LogP contribution in [0.25, 0.3) is 0 Å². The molecule has 1 aromatic heterocycles. The van der Waals surface area contributed by atoms with Crippen molar-refractivity contribution >= 4 is 5.97 Å². The Balaban J connectivity index is 2.92. The average Bonchev–Trinajstić information content (AvgIpc) is 3.41. The first-order chi connectivity index (χ1) is 12.6. The molecule has 1 saturated carbocycles. The number of methoxy groups -OCH3 is 1. The van der Waals surface area contributed by atoms with Gasteiger partial charge < -0.3 is 4.74 Å². The van der Waals surface area contributed by atoms with Gasteiger partial charge in [0.15, 0.2) is 0 Å². The van der Waals surface area contributed by atoms with Gasteiger partial charge in [0.2, 0.25) is 0 Å². The van der Waals surface area contributed by atoms with E-state index in [1.165, 1.54) is 6.08 Å². The summed E-state index contributed by atoms with van der Waals surface area (Å²) in [5, 5.41) is 9.38. The van der Waals surface area contributed by atoms with Gasteiger partial charge in [-0.1, -0.05) is 6.08 Å². The molecule has 0 aromatic carbocycles. The number of allylic oxidation sites excluding steroid dienone is 1. The van der Waals surface area contributed by atoms with Gasteiger partial charge in [-0.05, 0) is 37.2 Å². The van der Waals surface area contributed by atoms with Crippen molar-refractivity contribution in [3.8, 4) is 6.07 Å². The van der Waals surface area contributed by atoms with Crippen molar-refractivity contribution in [2.75, 3.05) is 7.11 Å². The SMILES string of the molecule is C=CCC(C#N)c1c(C(F)(F)F)nc(C(F)F)c(C(=O)OC)c1CC1CC1. The van der Waals surface area contributed by atoms with E-state index in [2.05, 4.69) is 16.3 Å². The zero-order chi connectivity index (χ0) is 20.4.